The SMILES string of the molecule is COc1cc(-c2cn(C)c(=O)c3c2CCN(C(=O)NCCCN2CCC4(CCN(c5ccc6c(c5)C(=O)N(C5CCC(=O)NC5=O)C6=O)C4)C2)C3)cc(OC)c1CN(C)C. The van der Waals surface area contributed by atoms with E-state index in [-0.39, 0.29) is 42.0 Å². The lowest BCUT2D eigenvalue weighted by atomic mass is 9.86. The summed E-state index contributed by atoms with van der Waals surface area (Å²) in [4.78, 5) is 87.2. The van der Waals surface area contributed by atoms with E-state index in [9.17, 15) is 28.8 Å². The van der Waals surface area contributed by atoms with Gasteiger partial charge in [-0.2, -0.15) is 0 Å². The highest BCUT2D eigenvalue weighted by Crippen LogP contribution is 2.42. The van der Waals surface area contributed by atoms with Crippen LogP contribution >= 0.6 is 0 Å². The van der Waals surface area contributed by atoms with Crippen molar-refractivity contribution in [3.8, 4) is 22.6 Å². The van der Waals surface area contributed by atoms with Crippen LogP contribution in [-0.2, 0) is 36.1 Å². The quantitative estimate of drug-likeness (QED) is 0.216. The van der Waals surface area contributed by atoms with E-state index in [0.717, 1.165) is 84.8 Å². The molecule has 60 heavy (non-hydrogen) atoms. The number of ether oxygens (including phenoxy) is 2. The number of hydrogen-bond acceptors (Lipinski definition) is 11. The molecule has 0 bridgehead atoms. The zero-order valence-corrected chi connectivity index (χ0v) is 35.1. The number of imide groups is 2. The third-order valence-corrected chi connectivity index (χ3v) is 12.9. The van der Waals surface area contributed by atoms with Crippen LogP contribution in [-0.4, -0.2) is 134 Å². The summed E-state index contributed by atoms with van der Waals surface area (Å²) in [6.45, 7) is 6.29. The van der Waals surface area contributed by atoms with Gasteiger partial charge in [-0.1, -0.05) is 0 Å². The third-order valence-electron chi connectivity index (χ3n) is 12.9. The van der Waals surface area contributed by atoms with Crippen LogP contribution in [0.5, 0.6) is 11.5 Å². The predicted molar refractivity (Wildman–Crippen MR) is 223 cm³/mol. The van der Waals surface area contributed by atoms with Crippen molar-refractivity contribution in [1.82, 2.24) is 34.8 Å². The fourth-order valence-corrected chi connectivity index (χ4v) is 9.81. The van der Waals surface area contributed by atoms with Gasteiger partial charge < -0.3 is 39.0 Å². The topological polar surface area (TPSA) is 166 Å². The number of benzene rings is 2. The summed E-state index contributed by atoms with van der Waals surface area (Å²) in [5, 5.41) is 5.34. The Morgan fingerprint density at radius 1 is 0.900 bits per heavy atom. The molecule has 2 unspecified atom stereocenters. The molecule has 16 nitrogen and oxygen atoms in total. The molecule has 16 heteroatoms. The fourth-order valence-electron chi connectivity index (χ4n) is 9.81. The number of nitrogens with zero attached hydrogens (tertiary/aromatic N) is 6. The lowest BCUT2D eigenvalue weighted by Gasteiger charge is -2.30. The number of nitrogens with one attached hydrogen (secondary N) is 2. The summed E-state index contributed by atoms with van der Waals surface area (Å²) in [6, 6.07) is 8.15. The number of anilines is 1. The van der Waals surface area contributed by atoms with Crippen molar-refractivity contribution >= 4 is 35.3 Å². The number of carbonyl (C=O) groups is 5. The molecule has 0 radical (unpaired) electrons. The van der Waals surface area contributed by atoms with E-state index in [4.69, 9.17) is 9.47 Å². The van der Waals surface area contributed by atoms with Crippen molar-refractivity contribution in [2.24, 2.45) is 12.5 Å². The number of rotatable bonds is 11. The molecule has 2 aromatic carbocycles. The molecule has 1 spiro atoms. The van der Waals surface area contributed by atoms with Gasteiger partial charge in [0, 0.05) is 81.2 Å². The molecule has 2 atom stereocenters. The molecule has 6 heterocycles. The van der Waals surface area contributed by atoms with Crippen LogP contribution in [0.3, 0.4) is 0 Å². The molecule has 6 amide bonds. The van der Waals surface area contributed by atoms with Gasteiger partial charge in [0.2, 0.25) is 11.8 Å². The fraction of sp³-hybridized carbons (Fsp3) is 0.500. The molecular formula is C44H54N8O8. The maximum Gasteiger partial charge on any atom is 0.317 e. The first-order chi connectivity index (χ1) is 28.8. The molecule has 8 rings (SSSR count). The number of carbonyl (C=O) groups excluding carboxylic acids is 5. The maximum absolute atomic E-state index is 13.4. The number of urea groups is 1. The van der Waals surface area contributed by atoms with Crippen LogP contribution in [0.25, 0.3) is 11.1 Å². The Bertz CT molecular complexity index is 2300. The minimum Gasteiger partial charge on any atom is -0.496 e. The molecule has 318 valence electrons. The zero-order valence-electron chi connectivity index (χ0n) is 35.1. The number of methoxy groups -OCH3 is 2. The number of fused-ring (bicyclic) bond motifs is 2. The van der Waals surface area contributed by atoms with Gasteiger partial charge in [-0.25, -0.2) is 4.79 Å². The smallest absolute Gasteiger partial charge is 0.317 e. The van der Waals surface area contributed by atoms with Crippen LogP contribution in [0.2, 0.25) is 0 Å². The normalized spacial score (nSPS) is 21.6. The van der Waals surface area contributed by atoms with Crippen LogP contribution in [0.1, 0.15) is 69.5 Å². The minimum absolute atomic E-state index is 0.0808. The molecule has 5 aliphatic heterocycles. The first-order valence-corrected chi connectivity index (χ1v) is 20.8. The van der Waals surface area contributed by atoms with Crippen molar-refractivity contribution in [2.75, 3.05) is 79.0 Å². The van der Waals surface area contributed by atoms with Crippen molar-refractivity contribution in [2.45, 2.75) is 57.7 Å². The number of hydrogen-bond donors (Lipinski definition) is 2. The number of aromatic nitrogens is 1. The molecule has 1 aromatic heterocycles. The van der Waals surface area contributed by atoms with Crippen LogP contribution in [0, 0.1) is 5.41 Å². The first-order valence-electron chi connectivity index (χ1n) is 20.8. The van der Waals surface area contributed by atoms with Crippen LogP contribution < -0.4 is 30.6 Å². The van der Waals surface area contributed by atoms with Gasteiger partial charge in [0.1, 0.15) is 17.5 Å². The predicted octanol–water partition coefficient (Wildman–Crippen LogP) is 2.59. The zero-order chi connectivity index (χ0) is 42.5. The summed E-state index contributed by atoms with van der Waals surface area (Å²) < 4.78 is 13.2. The van der Waals surface area contributed by atoms with Gasteiger partial charge in [0.15, 0.2) is 0 Å². The second kappa shape index (κ2) is 16.4. The molecule has 0 aliphatic carbocycles. The van der Waals surface area contributed by atoms with E-state index in [0.29, 0.717) is 48.7 Å². The highest BCUT2D eigenvalue weighted by molar-refractivity contribution is 6.23. The molecule has 3 fully saturated rings. The van der Waals surface area contributed by atoms with E-state index < -0.39 is 29.7 Å². The first kappa shape index (κ1) is 41.0. The van der Waals surface area contributed by atoms with Gasteiger partial charge in [0.05, 0.1) is 37.5 Å². The van der Waals surface area contributed by atoms with Gasteiger partial charge in [0.25, 0.3) is 17.4 Å². The Labute approximate surface area is 349 Å². The standard InChI is InChI=1S/C44H54N8O8/c1-47(2)22-34-36(59-4)19-27(20-37(34)60-5)32-23-48(3)40(55)33-24-50(16-11-29(32)33)43(58)45-14-6-15-49-17-12-44(25-49)13-18-51(26-44)28-7-8-30-31(21-28)42(57)52(41(30)56)35-9-10-38(53)46-39(35)54/h7-8,19-21,23,35H,6,9-18,22,24-26H2,1-5H3,(H,45,58)(H,46,53,54). The van der Waals surface area contributed by atoms with Crippen molar-refractivity contribution in [3.05, 3.63) is 74.7 Å². The Balaban J connectivity index is 0.840. The number of likely N-dealkylation sites (tertiary alicyclic amines) is 1. The van der Waals surface area contributed by atoms with Crippen LogP contribution in [0.15, 0.2) is 41.3 Å². The molecular weight excluding hydrogens is 769 g/mol. The van der Waals surface area contributed by atoms with E-state index in [1.165, 1.54) is 0 Å². The summed E-state index contributed by atoms with van der Waals surface area (Å²) in [6.07, 6.45) is 5.46. The monoisotopic (exact) mass is 822 g/mol. The minimum atomic E-state index is -0.989. The van der Waals surface area contributed by atoms with Gasteiger partial charge >= 0.3 is 6.03 Å². The average molecular weight is 823 g/mol. The lowest BCUT2D eigenvalue weighted by molar-refractivity contribution is -0.136. The Kier molecular flexibility index (Phi) is 11.2. The van der Waals surface area contributed by atoms with Crippen molar-refractivity contribution < 1.29 is 33.4 Å². The second-order valence-electron chi connectivity index (χ2n) is 17.1. The summed E-state index contributed by atoms with van der Waals surface area (Å²) >= 11 is 0. The van der Waals surface area contributed by atoms with Gasteiger partial charge in [-0.3, -0.25) is 34.2 Å². The third kappa shape index (κ3) is 7.62. The molecule has 0 saturated carbocycles. The Morgan fingerprint density at radius 2 is 1.63 bits per heavy atom. The molecule has 3 saturated heterocycles. The molecule has 3 aromatic rings. The highest BCUT2D eigenvalue weighted by Gasteiger charge is 2.46. The van der Waals surface area contributed by atoms with Gasteiger partial charge in [-0.05, 0) is 101 Å². The highest BCUT2D eigenvalue weighted by atomic mass is 16.5. The number of aryl methyl sites for hydroxylation is 1. The van der Waals surface area contributed by atoms with Crippen molar-refractivity contribution in [1.29, 1.82) is 0 Å². The molecule has 2 N–H and O–H groups in total. The Morgan fingerprint density at radius 3 is 2.35 bits per heavy atom. The summed E-state index contributed by atoms with van der Waals surface area (Å²) in [5.41, 5.74) is 5.77. The van der Waals surface area contributed by atoms with Crippen LogP contribution in [0.4, 0.5) is 10.5 Å². The van der Waals surface area contributed by atoms with E-state index >= 15 is 0 Å². The Hall–Kier alpha value is -5.74. The average Bonchev–Trinajstić information content (AvgIpc) is 3.92. The lowest BCUT2D eigenvalue weighted by Crippen LogP contribution is -2.54. The largest absolute Gasteiger partial charge is 0.496 e. The van der Waals surface area contributed by atoms with Gasteiger partial charge in [-0.15, -0.1) is 0 Å². The van der Waals surface area contributed by atoms with E-state index in [1.807, 2.05) is 38.5 Å². The number of pyridine rings is 1. The number of amides is 6. The molecule has 5 aliphatic rings. The second-order valence-corrected chi connectivity index (χ2v) is 17.1. The maximum atomic E-state index is 13.4. The number of piperidine rings is 1. The summed E-state index contributed by atoms with van der Waals surface area (Å²) in [5.74, 6) is -0.593. The van der Waals surface area contributed by atoms with E-state index in [2.05, 4.69) is 25.3 Å². The summed E-state index contributed by atoms with van der Waals surface area (Å²) in [7, 11) is 9.01. The van der Waals surface area contributed by atoms with E-state index in [1.54, 1.807) is 42.9 Å². The van der Waals surface area contributed by atoms with Crippen molar-refractivity contribution in [3.63, 3.8) is 0 Å².